The van der Waals surface area contributed by atoms with Gasteiger partial charge in [-0.1, -0.05) is 54.6 Å². The monoisotopic (exact) mass is 439 g/mol. The maximum atomic E-state index is 11.2. The molecule has 0 aliphatic rings. The van der Waals surface area contributed by atoms with Gasteiger partial charge < -0.3 is 9.29 Å². The van der Waals surface area contributed by atoms with Crippen molar-refractivity contribution in [3.05, 3.63) is 91.0 Å². The fraction of sp³-hybridized carbons (Fsp3) is 0.0500. The number of hydrogen-bond acceptors (Lipinski definition) is 4. The first kappa shape index (κ1) is 22.4. The van der Waals surface area contributed by atoms with Gasteiger partial charge in [0.25, 0.3) is 0 Å². The fourth-order valence-corrected chi connectivity index (χ4v) is 4.59. The first-order valence-corrected chi connectivity index (χ1v) is 10.8. The molecule has 0 atom stereocenters. The predicted molar refractivity (Wildman–Crippen MR) is 106 cm³/mol. The SMILES string of the molecule is O=C(O)OS(=O)(=O)C(F)F.c1ccc([S+](c2ccccc2)c2ccccc2)cc1. The van der Waals surface area contributed by atoms with Crippen molar-refractivity contribution in [2.45, 2.75) is 20.4 Å². The summed E-state index contributed by atoms with van der Waals surface area (Å²) >= 11 is 0. The van der Waals surface area contributed by atoms with Gasteiger partial charge in [0.15, 0.2) is 14.7 Å². The van der Waals surface area contributed by atoms with Crippen molar-refractivity contribution in [1.82, 2.24) is 0 Å². The molecule has 0 amide bonds. The lowest BCUT2D eigenvalue weighted by Crippen LogP contribution is -2.17. The lowest BCUT2D eigenvalue weighted by atomic mass is 10.4. The summed E-state index contributed by atoms with van der Waals surface area (Å²) in [6.45, 7) is 0. The van der Waals surface area contributed by atoms with E-state index in [1.807, 2.05) is 0 Å². The van der Waals surface area contributed by atoms with Crippen LogP contribution in [0, 0.1) is 0 Å². The quantitative estimate of drug-likeness (QED) is 0.446. The maximum Gasteiger partial charge on any atom is 0.521 e. The zero-order chi connectivity index (χ0) is 21.3. The number of hydrogen-bond donors (Lipinski definition) is 1. The van der Waals surface area contributed by atoms with Gasteiger partial charge in [-0.3, -0.25) is 0 Å². The van der Waals surface area contributed by atoms with E-state index in [9.17, 15) is 22.0 Å². The molecule has 0 unspecified atom stereocenters. The first-order chi connectivity index (χ1) is 13.8. The number of rotatable bonds is 5. The average molecular weight is 439 g/mol. The van der Waals surface area contributed by atoms with Crippen LogP contribution >= 0.6 is 0 Å². The van der Waals surface area contributed by atoms with Gasteiger partial charge in [0, 0.05) is 0 Å². The van der Waals surface area contributed by atoms with Crippen molar-refractivity contribution < 1.29 is 31.3 Å². The predicted octanol–water partition coefficient (Wildman–Crippen LogP) is 5.02. The Morgan fingerprint density at radius 2 is 1.07 bits per heavy atom. The van der Waals surface area contributed by atoms with E-state index in [0.29, 0.717) is 0 Å². The Kier molecular flexibility index (Phi) is 8.17. The summed E-state index contributed by atoms with van der Waals surface area (Å²) in [6, 6.07) is 32.2. The van der Waals surface area contributed by atoms with Crippen molar-refractivity contribution >= 4 is 27.2 Å². The van der Waals surface area contributed by atoms with Crippen molar-refractivity contribution in [1.29, 1.82) is 0 Å². The third-order valence-electron chi connectivity index (χ3n) is 3.34. The molecule has 0 heterocycles. The zero-order valence-corrected chi connectivity index (χ0v) is 16.5. The first-order valence-electron chi connectivity index (χ1n) is 8.15. The Balaban J connectivity index is 0.000000257. The summed E-state index contributed by atoms with van der Waals surface area (Å²) < 4.78 is 44.8. The van der Waals surface area contributed by atoms with Crippen LogP contribution < -0.4 is 0 Å². The Labute approximate surface area is 170 Å². The van der Waals surface area contributed by atoms with Gasteiger partial charge in [0.2, 0.25) is 0 Å². The van der Waals surface area contributed by atoms with Crippen LogP contribution in [-0.2, 0) is 25.2 Å². The third-order valence-corrected chi connectivity index (χ3v) is 6.38. The van der Waals surface area contributed by atoms with E-state index in [0.717, 1.165) is 0 Å². The molecule has 3 aromatic rings. The van der Waals surface area contributed by atoms with Crippen molar-refractivity contribution in [2.24, 2.45) is 0 Å². The molecule has 0 aliphatic heterocycles. The fourth-order valence-electron chi connectivity index (χ4n) is 2.21. The Morgan fingerprint density at radius 1 is 0.759 bits per heavy atom. The summed E-state index contributed by atoms with van der Waals surface area (Å²) in [7, 11) is -5.24. The highest BCUT2D eigenvalue weighted by Gasteiger charge is 2.29. The minimum Gasteiger partial charge on any atom is -0.449 e. The van der Waals surface area contributed by atoms with E-state index in [2.05, 4.69) is 95.2 Å². The number of carboxylic acid groups (broad SMARTS) is 1. The lowest BCUT2D eigenvalue weighted by molar-refractivity contribution is 0.136. The molecule has 152 valence electrons. The number of carbonyl (C=O) groups is 1. The normalized spacial score (nSPS) is 10.9. The van der Waals surface area contributed by atoms with Gasteiger partial charge in [-0.15, -0.1) is 0 Å². The molecule has 0 aliphatic carbocycles. The van der Waals surface area contributed by atoms with Gasteiger partial charge in [0.1, 0.15) is 0 Å². The van der Waals surface area contributed by atoms with Crippen LogP contribution in [0.2, 0.25) is 0 Å². The molecule has 29 heavy (non-hydrogen) atoms. The summed E-state index contributed by atoms with van der Waals surface area (Å²) in [4.78, 5) is 13.5. The molecule has 0 radical (unpaired) electrons. The molecule has 9 heteroatoms. The van der Waals surface area contributed by atoms with Crippen LogP contribution in [0.4, 0.5) is 13.6 Å². The highest BCUT2D eigenvalue weighted by Crippen LogP contribution is 2.30. The second-order valence-corrected chi connectivity index (χ2v) is 8.88. The minimum absolute atomic E-state index is 0.0146. The van der Waals surface area contributed by atoms with E-state index >= 15 is 0 Å². The maximum absolute atomic E-state index is 11.2. The van der Waals surface area contributed by atoms with Gasteiger partial charge >= 0.3 is 22.0 Å². The van der Waals surface area contributed by atoms with Crippen LogP contribution in [0.1, 0.15) is 0 Å². The second kappa shape index (κ2) is 10.6. The Bertz CT molecular complexity index is 905. The van der Waals surface area contributed by atoms with E-state index in [1.165, 1.54) is 14.7 Å². The highest BCUT2D eigenvalue weighted by atomic mass is 32.2. The van der Waals surface area contributed by atoms with Gasteiger partial charge in [-0.2, -0.15) is 17.2 Å². The molecule has 0 saturated heterocycles. The summed E-state index contributed by atoms with van der Waals surface area (Å²) in [5, 5.41) is 7.56. The second-order valence-electron chi connectivity index (χ2n) is 5.35. The minimum atomic E-state index is -5.23. The third kappa shape index (κ3) is 6.88. The van der Waals surface area contributed by atoms with Crippen molar-refractivity contribution in [2.75, 3.05) is 0 Å². The largest absolute Gasteiger partial charge is 0.521 e. The molecular formula is C20H17F2O5S2+. The molecule has 1 N–H and O–H groups in total. The van der Waals surface area contributed by atoms with E-state index in [4.69, 9.17) is 5.11 Å². The smallest absolute Gasteiger partial charge is 0.449 e. The van der Waals surface area contributed by atoms with Crippen molar-refractivity contribution in [3.63, 3.8) is 0 Å². The average Bonchev–Trinajstić information content (AvgIpc) is 2.70. The highest BCUT2D eigenvalue weighted by molar-refractivity contribution is 7.97. The number of alkyl halides is 2. The van der Waals surface area contributed by atoms with E-state index in [-0.39, 0.29) is 10.9 Å². The van der Waals surface area contributed by atoms with Crippen molar-refractivity contribution in [3.8, 4) is 0 Å². The van der Waals surface area contributed by atoms with Gasteiger partial charge in [-0.25, -0.2) is 4.79 Å². The molecule has 0 saturated carbocycles. The van der Waals surface area contributed by atoms with Crippen LogP contribution in [-0.4, -0.2) is 25.4 Å². The van der Waals surface area contributed by atoms with Crippen LogP contribution in [0.15, 0.2) is 106 Å². The van der Waals surface area contributed by atoms with Crippen LogP contribution in [0.5, 0.6) is 0 Å². The molecule has 3 aromatic carbocycles. The number of benzene rings is 3. The molecule has 0 fully saturated rings. The molecule has 5 nitrogen and oxygen atoms in total. The number of halogens is 2. The molecule has 3 rings (SSSR count). The van der Waals surface area contributed by atoms with Crippen LogP contribution in [0.25, 0.3) is 0 Å². The standard InChI is InChI=1S/C18H15S.C2H2F2O5S/c1-4-10-16(11-5-1)19(17-12-6-2-7-13-17)18-14-8-3-9-15-18;3-1(4)10(7,8)9-2(5)6/h1-15H;1H,(H,5,6)/q+1;. The van der Waals surface area contributed by atoms with Gasteiger partial charge in [-0.05, 0) is 36.4 Å². The van der Waals surface area contributed by atoms with Crippen LogP contribution in [0.3, 0.4) is 0 Å². The topological polar surface area (TPSA) is 80.7 Å². The molecule has 0 bridgehead atoms. The Hall–Kier alpha value is -2.91. The molecule has 0 spiro atoms. The molecular weight excluding hydrogens is 422 g/mol. The summed E-state index contributed by atoms with van der Waals surface area (Å²) in [6.07, 6.45) is -2.28. The van der Waals surface area contributed by atoms with E-state index in [1.54, 1.807) is 0 Å². The molecule has 0 aromatic heterocycles. The summed E-state index contributed by atoms with van der Waals surface area (Å²) in [5.41, 5.74) is 0. The lowest BCUT2D eigenvalue weighted by Gasteiger charge is -2.07. The summed E-state index contributed by atoms with van der Waals surface area (Å²) in [5.74, 6) is -3.83. The zero-order valence-electron chi connectivity index (χ0n) is 14.9. The Morgan fingerprint density at radius 3 is 1.28 bits per heavy atom. The van der Waals surface area contributed by atoms with E-state index < -0.39 is 22.0 Å². The van der Waals surface area contributed by atoms with Gasteiger partial charge in [0.05, 0.1) is 10.9 Å².